The van der Waals surface area contributed by atoms with Crippen LogP contribution in [0.15, 0.2) is 30.3 Å². The molecule has 0 unspecified atom stereocenters. The van der Waals surface area contributed by atoms with Gasteiger partial charge in [-0.2, -0.15) is 13.2 Å². The third-order valence-corrected chi connectivity index (χ3v) is 2.99. The fourth-order valence-electron chi connectivity index (χ4n) is 2.06. The Morgan fingerprint density at radius 2 is 1.80 bits per heavy atom. The Bertz CT molecular complexity index is 630. The Balaban J connectivity index is 2.70. The van der Waals surface area contributed by atoms with Gasteiger partial charge in [0.05, 0.1) is 18.4 Å². The lowest BCUT2D eigenvalue weighted by molar-refractivity contribution is -0.141. The molecule has 2 aromatic rings. The van der Waals surface area contributed by atoms with Gasteiger partial charge in [0.25, 0.3) is 0 Å². The van der Waals surface area contributed by atoms with E-state index < -0.39 is 17.8 Å². The molecular weight excluding hydrogens is 271 g/mol. The van der Waals surface area contributed by atoms with Crippen LogP contribution in [0, 0.1) is 6.92 Å². The number of carbonyl (C=O) groups is 1. The molecule has 0 radical (unpaired) electrons. The fraction of sp³-hybridized carbons (Fsp3) is 0.214. The maximum Gasteiger partial charge on any atom is 0.431 e. The molecule has 0 bridgehead atoms. The lowest BCUT2D eigenvalue weighted by Gasteiger charge is -2.05. The molecule has 0 amide bonds. The second-order valence-electron chi connectivity index (χ2n) is 4.23. The summed E-state index contributed by atoms with van der Waals surface area (Å²) in [6.07, 6.45) is -4.56. The van der Waals surface area contributed by atoms with Gasteiger partial charge in [0, 0.05) is 0 Å². The molecule has 0 spiro atoms. The average molecular weight is 283 g/mol. The van der Waals surface area contributed by atoms with E-state index in [2.05, 4.69) is 9.72 Å². The quantitative estimate of drug-likeness (QED) is 0.852. The van der Waals surface area contributed by atoms with Gasteiger partial charge in [0.2, 0.25) is 0 Å². The van der Waals surface area contributed by atoms with Crippen LogP contribution in [-0.4, -0.2) is 18.1 Å². The van der Waals surface area contributed by atoms with E-state index in [1.807, 2.05) is 0 Å². The van der Waals surface area contributed by atoms with Crippen molar-refractivity contribution in [3.63, 3.8) is 0 Å². The zero-order chi connectivity index (χ0) is 14.9. The van der Waals surface area contributed by atoms with Crippen LogP contribution >= 0.6 is 0 Å². The van der Waals surface area contributed by atoms with Crippen molar-refractivity contribution in [1.82, 2.24) is 4.98 Å². The number of alkyl halides is 3. The minimum absolute atomic E-state index is 0.0916. The van der Waals surface area contributed by atoms with E-state index in [4.69, 9.17) is 0 Å². The third kappa shape index (κ3) is 2.41. The Hall–Kier alpha value is -2.24. The number of rotatable bonds is 2. The molecule has 106 valence electrons. The summed E-state index contributed by atoms with van der Waals surface area (Å²) < 4.78 is 43.4. The monoisotopic (exact) mass is 283 g/mol. The van der Waals surface area contributed by atoms with Crippen LogP contribution in [-0.2, 0) is 10.9 Å². The highest BCUT2D eigenvalue weighted by Gasteiger charge is 2.38. The summed E-state index contributed by atoms with van der Waals surface area (Å²) in [7, 11) is 1.14. The van der Waals surface area contributed by atoms with Crippen LogP contribution in [0.5, 0.6) is 0 Å². The zero-order valence-corrected chi connectivity index (χ0v) is 10.8. The van der Waals surface area contributed by atoms with Crippen molar-refractivity contribution in [3.05, 3.63) is 47.2 Å². The number of hydrogen-bond donors (Lipinski definition) is 1. The predicted molar refractivity (Wildman–Crippen MR) is 67.3 cm³/mol. The number of carbonyl (C=O) groups excluding carboxylic acids is 1. The van der Waals surface area contributed by atoms with Gasteiger partial charge in [-0.25, -0.2) is 4.79 Å². The lowest BCUT2D eigenvalue weighted by Crippen LogP contribution is -2.08. The molecule has 0 saturated heterocycles. The van der Waals surface area contributed by atoms with Gasteiger partial charge in [-0.05, 0) is 18.1 Å². The van der Waals surface area contributed by atoms with Gasteiger partial charge < -0.3 is 9.72 Å². The van der Waals surface area contributed by atoms with Crippen molar-refractivity contribution in [2.45, 2.75) is 13.1 Å². The van der Waals surface area contributed by atoms with Crippen LogP contribution < -0.4 is 0 Å². The maximum atomic E-state index is 12.9. The van der Waals surface area contributed by atoms with Crippen LogP contribution in [0.1, 0.15) is 21.6 Å². The smallest absolute Gasteiger partial charge is 0.431 e. The summed E-state index contributed by atoms with van der Waals surface area (Å²) in [6.45, 7) is 1.25. The second-order valence-corrected chi connectivity index (χ2v) is 4.23. The summed E-state index contributed by atoms with van der Waals surface area (Å²) >= 11 is 0. The molecule has 0 saturated carbocycles. The largest absolute Gasteiger partial charge is 0.465 e. The van der Waals surface area contributed by atoms with Gasteiger partial charge in [0.1, 0.15) is 5.69 Å². The van der Waals surface area contributed by atoms with E-state index in [0.29, 0.717) is 5.56 Å². The number of ether oxygens (including phenoxy) is 1. The van der Waals surface area contributed by atoms with Gasteiger partial charge in [-0.1, -0.05) is 30.3 Å². The molecule has 1 N–H and O–H groups in total. The highest BCUT2D eigenvalue weighted by molar-refractivity contribution is 5.98. The number of hydrogen-bond acceptors (Lipinski definition) is 2. The topological polar surface area (TPSA) is 42.1 Å². The SMILES string of the molecule is COC(=O)c1c(-c2ccccc2)[nH]c(C(F)(F)F)c1C. The summed E-state index contributed by atoms with van der Waals surface area (Å²) in [5.74, 6) is -0.798. The van der Waals surface area contributed by atoms with E-state index >= 15 is 0 Å². The summed E-state index contributed by atoms with van der Waals surface area (Å²) in [5.41, 5.74) is -0.584. The predicted octanol–water partition coefficient (Wildman–Crippen LogP) is 3.80. The highest BCUT2D eigenvalue weighted by Crippen LogP contribution is 2.37. The van der Waals surface area contributed by atoms with E-state index in [0.717, 1.165) is 7.11 Å². The molecule has 1 aromatic heterocycles. The molecule has 3 nitrogen and oxygen atoms in total. The number of halogens is 3. The van der Waals surface area contributed by atoms with E-state index in [1.54, 1.807) is 30.3 Å². The second kappa shape index (κ2) is 5.03. The minimum Gasteiger partial charge on any atom is -0.465 e. The van der Waals surface area contributed by atoms with Crippen molar-refractivity contribution in [3.8, 4) is 11.3 Å². The Labute approximate surface area is 113 Å². The zero-order valence-electron chi connectivity index (χ0n) is 10.8. The Morgan fingerprint density at radius 1 is 1.20 bits per heavy atom. The lowest BCUT2D eigenvalue weighted by atomic mass is 10.0. The summed E-state index contributed by atoms with van der Waals surface area (Å²) in [6, 6.07) is 8.34. The standard InChI is InChI=1S/C14H12F3NO2/c1-8-10(13(19)20-2)11(9-6-4-3-5-7-9)18-12(8)14(15,16)17/h3-7,18H,1-2H3. The van der Waals surface area contributed by atoms with Gasteiger partial charge in [-0.3, -0.25) is 0 Å². The van der Waals surface area contributed by atoms with E-state index in [-0.39, 0.29) is 16.8 Å². The van der Waals surface area contributed by atoms with Crippen molar-refractivity contribution in [2.24, 2.45) is 0 Å². The molecule has 6 heteroatoms. The highest BCUT2D eigenvalue weighted by atomic mass is 19.4. The number of H-pyrrole nitrogens is 1. The van der Waals surface area contributed by atoms with Crippen LogP contribution in [0.25, 0.3) is 11.3 Å². The van der Waals surface area contributed by atoms with Crippen molar-refractivity contribution < 1.29 is 22.7 Å². The van der Waals surface area contributed by atoms with Gasteiger partial charge >= 0.3 is 12.1 Å². The average Bonchev–Trinajstić information content (AvgIpc) is 2.76. The van der Waals surface area contributed by atoms with Crippen molar-refractivity contribution in [2.75, 3.05) is 7.11 Å². The van der Waals surface area contributed by atoms with E-state index in [1.165, 1.54) is 6.92 Å². The number of aromatic nitrogens is 1. The van der Waals surface area contributed by atoms with Gasteiger partial charge in [-0.15, -0.1) is 0 Å². The molecule has 0 aliphatic carbocycles. The van der Waals surface area contributed by atoms with Crippen LogP contribution in [0.2, 0.25) is 0 Å². The first-order valence-corrected chi connectivity index (χ1v) is 5.79. The number of aromatic amines is 1. The molecule has 0 aliphatic rings. The maximum absolute atomic E-state index is 12.9. The molecule has 0 fully saturated rings. The number of esters is 1. The van der Waals surface area contributed by atoms with Crippen molar-refractivity contribution in [1.29, 1.82) is 0 Å². The summed E-state index contributed by atoms with van der Waals surface area (Å²) in [4.78, 5) is 14.1. The first-order chi connectivity index (χ1) is 9.36. The Morgan fingerprint density at radius 3 is 2.30 bits per heavy atom. The number of methoxy groups -OCH3 is 1. The third-order valence-electron chi connectivity index (χ3n) is 2.99. The van der Waals surface area contributed by atoms with Crippen molar-refractivity contribution >= 4 is 5.97 Å². The van der Waals surface area contributed by atoms with Gasteiger partial charge in [0.15, 0.2) is 0 Å². The molecule has 0 aliphatic heterocycles. The molecule has 2 rings (SSSR count). The number of nitrogens with one attached hydrogen (secondary N) is 1. The number of benzene rings is 1. The fourth-order valence-corrected chi connectivity index (χ4v) is 2.06. The molecule has 0 atom stereocenters. The molecule has 1 aromatic carbocycles. The first kappa shape index (κ1) is 14.2. The minimum atomic E-state index is -4.56. The van der Waals surface area contributed by atoms with E-state index in [9.17, 15) is 18.0 Å². The summed E-state index contributed by atoms with van der Waals surface area (Å²) in [5, 5.41) is 0. The van der Waals surface area contributed by atoms with Crippen LogP contribution in [0.4, 0.5) is 13.2 Å². The molecular formula is C14H12F3NO2. The Kier molecular flexibility index (Phi) is 3.57. The molecule has 20 heavy (non-hydrogen) atoms. The normalized spacial score (nSPS) is 11.4. The first-order valence-electron chi connectivity index (χ1n) is 5.79. The molecule has 1 heterocycles. The van der Waals surface area contributed by atoms with Crippen LogP contribution in [0.3, 0.4) is 0 Å².